The number of carbonyl (C=O) groups excluding carboxylic acids is 1. The lowest BCUT2D eigenvalue weighted by Gasteiger charge is -2.43. The number of benzene rings is 2. The normalized spacial score (nSPS) is 14.8. The third kappa shape index (κ3) is 5.89. The van der Waals surface area contributed by atoms with Crippen molar-refractivity contribution in [2.24, 2.45) is 0 Å². The van der Waals surface area contributed by atoms with Crippen molar-refractivity contribution in [2.75, 3.05) is 25.7 Å². The molecule has 1 aliphatic rings. The van der Waals surface area contributed by atoms with Gasteiger partial charge in [0.15, 0.2) is 0 Å². The summed E-state index contributed by atoms with van der Waals surface area (Å²) in [5.74, 6) is -1.15. The molecule has 0 fully saturated rings. The van der Waals surface area contributed by atoms with Crippen molar-refractivity contribution < 1.29 is 23.6 Å². The Morgan fingerprint density at radius 3 is 2.09 bits per heavy atom. The maximum absolute atomic E-state index is 12.4. The first kappa shape index (κ1) is 25.1. The zero-order valence-electron chi connectivity index (χ0n) is 20.1. The van der Waals surface area contributed by atoms with Gasteiger partial charge >= 0.3 is 12.1 Å². The molecule has 3 rings (SSSR count). The Kier molecular flexibility index (Phi) is 7.75. The molecule has 1 unspecified atom stereocenters. The van der Waals surface area contributed by atoms with Crippen molar-refractivity contribution in [1.82, 2.24) is 5.32 Å². The monoisotopic (exact) mass is 473 g/mol. The van der Waals surface area contributed by atoms with Gasteiger partial charge in [-0.25, -0.2) is 9.59 Å². The van der Waals surface area contributed by atoms with Gasteiger partial charge in [-0.3, -0.25) is 0 Å². The Balaban J connectivity index is 1.53. The van der Waals surface area contributed by atoms with E-state index < -0.39 is 28.4 Å². The zero-order valence-corrected chi connectivity index (χ0v) is 20.9. The topological polar surface area (TPSA) is 84.9 Å². The van der Waals surface area contributed by atoms with Gasteiger partial charge < -0.3 is 19.3 Å². The summed E-state index contributed by atoms with van der Waals surface area (Å²) >= 11 is 0. The molecule has 6 nitrogen and oxygen atoms in total. The van der Waals surface area contributed by atoms with Crippen LogP contribution in [0.1, 0.15) is 50.7 Å². The molecule has 180 valence electrons. The van der Waals surface area contributed by atoms with Crippen LogP contribution < -0.4 is 5.32 Å². The van der Waals surface area contributed by atoms with E-state index in [4.69, 9.17) is 8.92 Å². The van der Waals surface area contributed by atoms with Gasteiger partial charge in [-0.1, -0.05) is 69.3 Å². The van der Waals surface area contributed by atoms with Crippen LogP contribution in [0.25, 0.3) is 11.1 Å². The lowest BCUT2D eigenvalue weighted by Crippen LogP contribution is -2.41. The van der Waals surface area contributed by atoms with Crippen LogP contribution in [0.3, 0.4) is 0 Å². The minimum Gasteiger partial charge on any atom is -0.480 e. The van der Waals surface area contributed by atoms with Crippen LogP contribution in [0, 0.1) is 0 Å². The Bertz CT molecular complexity index is 953. The number of nitrogens with one attached hydrogen (secondary N) is 1. The maximum atomic E-state index is 12.4. The summed E-state index contributed by atoms with van der Waals surface area (Å²) < 4.78 is 11.6. The van der Waals surface area contributed by atoms with Crippen molar-refractivity contribution >= 4 is 22.4 Å². The molecule has 1 atom stereocenters. The molecule has 7 heteroatoms. The summed E-state index contributed by atoms with van der Waals surface area (Å²) in [6.45, 7) is 7.03. The number of hydrogen-bond acceptors (Lipinski definition) is 4. The lowest BCUT2D eigenvalue weighted by atomic mass is 9.98. The number of rotatable bonds is 9. The molecule has 0 saturated carbocycles. The molecule has 0 saturated heterocycles. The summed E-state index contributed by atoms with van der Waals surface area (Å²) in [4.78, 5) is 24.1. The van der Waals surface area contributed by atoms with Crippen LogP contribution in [-0.4, -0.2) is 53.7 Å². The largest absolute Gasteiger partial charge is 0.480 e. The van der Waals surface area contributed by atoms with Crippen LogP contribution >= 0.6 is 10.3 Å². The Hall–Kier alpha value is -2.51. The molecule has 1 amide bonds. The number of ether oxygens (including phenoxy) is 1. The van der Waals surface area contributed by atoms with Gasteiger partial charge in [0.1, 0.15) is 12.6 Å². The van der Waals surface area contributed by atoms with Gasteiger partial charge in [-0.2, -0.15) is 0 Å². The average molecular weight is 474 g/mol. The molecule has 0 aromatic heterocycles. The van der Waals surface area contributed by atoms with E-state index in [0.717, 1.165) is 22.3 Å². The number of carboxylic acids is 1. The number of carboxylic acid groups (broad SMARTS) is 1. The molecule has 0 heterocycles. The van der Waals surface area contributed by atoms with Crippen LogP contribution in [-0.2, 0) is 13.7 Å². The molecule has 1 aliphatic carbocycles. The highest BCUT2D eigenvalue weighted by Gasteiger charge is 2.30. The van der Waals surface area contributed by atoms with Crippen molar-refractivity contribution in [3.05, 3.63) is 59.7 Å². The van der Waals surface area contributed by atoms with Gasteiger partial charge in [0.05, 0.1) is 6.61 Å². The number of carbonyl (C=O) groups is 2. The lowest BCUT2D eigenvalue weighted by molar-refractivity contribution is -0.139. The average Bonchev–Trinajstić information content (AvgIpc) is 3.07. The quantitative estimate of drug-likeness (QED) is 0.466. The minimum atomic E-state index is -1.27. The van der Waals surface area contributed by atoms with Gasteiger partial charge in [0, 0.05) is 10.7 Å². The molecule has 2 aromatic carbocycles. The van der Waals surface area contributed by atoms with E-state index in [9.17, 15) is 14.7 Å². The zero-order chi connectivity index (χ0) is 24.2. The summed E-state index contributed by atoms with van der Waals surface area (Å²) in [5, 5.41) is 12.1. The standard InChI is InChI=1S/C26H35NO5S/c1-26(2,3)33(4,5)32-16-10-15-23(24(28)29)27-25(30)31-17-22-20-13-8-6-11-18(20)19-12-7-9-14-21(19)22/h6-9,11-14,22-23H,10,15-17H2,1-5H3,(H,27,30)(H,28,29). The summed E-state index contributed by atoms with van der Waals surface area (Å²) in [7, 11) is -1.27. The van der Waals surface area contributed by atoms with Crippen molar-refractivity contribution in [3.63, 3.8) is 0 Å². The fraction of sp³-hybridized carbons (Fsp3) is 0.462. The van der Waals surface area contributed by atoms with E-state index in [-0.39, 0.29) is 23.7 Å². The third-order valence-electron chi connectivity index (χ3n) is 6.42. The highest BCUT2D eigenvalue weighted by Crippen LogP contribution is 2.53. The summed E-state index contributed by atoms with van der Waals surface area (Å²) in [6, 6.07) is 15.2. The van der Waals surface area contributed by atoms with E-state index in [0.29, 0.717) is 13.0 Å². The smallest absolute Gasteiger partial charge is 0.407 e. The van der Waals surface area contributed by atoms with Gasteiger partial charge in [0.2, 0.25) is 0 Å². The first-order chi connectivity index (χ1) is 15.5. The molecule has 0 radical (unpaired) electrons. The van der Waals surface area contributed by atoms with Crippen molar-refractivity contribution in [2.45, 2.75) is 50.3 Å². The second kappa shape index (κ2) is 10.2. The molecular formula is C26H35NO5S. The number of alkyl carbamates (subject to hydrolysis) is 1. The number of aliphatic carboxylic acids is 1. The second-order valence-electron chi connectivity index (χ2n) is 9.67. The van der Waals surface area contributed by atoms with E-state index in [2.05, 4.69) is 50.7 Å². The first-order valence-electron chi connectivity index (χ1n) is 11.2. The Morgan fingerprint density at radius 1 is 1.03 bits per heavy atom. The fourth-order valence-corrected chi connectivity index (χ4v) is 4.66. The number of fused-ring (bicyclic) bond motifs is 3. The summed E-state index contributed by atoms with van der Waals surface area (Å²) in [5.41, 5.74) is 4.52. The fourth-order valence-electron chi connectivity index (χ4n) is 3.77. The highest BCUT2D eigenvalue weighted by atomic mass is 32.3. The summed E-state index contributed by atoms with van der Waals surface area (Å²) in [6.07, 6.45) is 4.31. The van der Waals surface area contributed by atoms with Crippen LogP contribution in [0.15, 0.2) is 48.5 Å². The van der Waals surface area contributed by atoms with Gasteiger partial charge in [-0.15, -0.1) is 10.3 Å². The van der Waals surface area contributed by atoms with E-state index in [1.807, 2.05) is 36.4 Å². The molecular weight excluding hydrogens is 438 g/mol. The SMILES string of the molecule is CC(C)(C)S(C)(C)OCCCC(NC(=O)OCC1c2ccccc2-c2ccccc21)C(=O)O. The van der Waals surface area contributed by atoms with E-state index >= 15 is 0 Å². The molecule has 0 spiro atoms. The second-order valence-corrected chi connectivity index (χ2v) is 13.6. The first-order valence-corrected chi connectivity index (χ1v) is 13.6. The maximum Gasteiger partial charge on any atom is 0.407 e. The Morgan fingerprint density at radius 2 is 1.58 bits per heavy atom. The minimum absolute atomic E-state index is 0.0404. The van der Waals surface area contributed by atoms with Crippen LogP contribution in [0.4, 0.5) is 4.79 Å². The third-order valence-corrected chi connectivity index (χ3v) is 10.1. The molecule has 0 aliphatic heterocycles. The van der Waals surface area contributed by atoms with E-state index in [1.54, 1.807) is 0 Å². The van der Waals surface area contributed by atoms with E-state index in [1.165, 1.54) is 0 Å². The predicted molar refractivity (Wildman–Crippen MR) is 134 cm³/mol. The van der Waals surface area contributed by atoms with Crippen molar-refractivity contribution in [1.29, 1.82) is 0 Å². The van der Waals surface area contributed by atoms with Gasteiger partial charge in [0.25, 0.3) is 0 Å². The van der Waals surface area contributed by atoms with Gasteiger partial charge in [-0.05, 0) is 47.6 Å². The van der Waals surface area contributed by atoms with Crippen molar-refractivity contribution in [3.8, 4) is 11.1 Å². The number of amides is 1. The van der Waals surface area contributed by atoms with Crippen LogP contribution in [0.5, 0.6) is 0 Å². The predicted octanol–water partition coefficient (Wildman–Crippen LogP) is 5.55. The Labute approximate surface area is 198 Å². The molecule has 2 aromatic rings. The number of hydrogen-bond donors (Lipinski definition) is 2. The highest BCUT2D eigenvalue weighted by molar-refractivity contribution is 8.29. The van der Waals surface area contributed by atoms with Crippen LogP contribution in [0.2, 0.25) is 0 Å². The molecule has 0 bridgehead atoms. The molecule has 33 heavy (non-hydrogen) atoms. The molecule has 2 N–H and O–H groups in total.